The van der Waals surface area contributed by atoms with Gasteiger partial charge in [-0.1, -0.05) is 11.6 Å². The number of aromatic nitrogens is 2. The molecule has 2 aromatic rings. The van der Waals surface area contributed by atoms with E-state index in [1.54, 1.807) is 19.9 Å². The summed E-state index contributed by atoms with van der Waals surface area (Å²) >= 11 is 5.87. The number of hydrogen-bond acceptors (Lipinski definition) is 6. The molecule has 23 heavy (non-hydrogen) atoms. The van der Waals surface area contributed by atoms with E-state index in [1.807, 2.05) is 0 Å². The summed E-state index contributed by atoms with van der Waals surface area (Å²) in [6.45, 7) is 3.41. The van der Waals surface area contributed by atoms with Crippen molar-refractivity contribution in [1.29, 1.82) is 0 Å². The molecule has 0 unspecified atom stereocenters. The average molecular weight is 357 g/mol. The molecule has 2 heterocycles. The van der Waals surface area contributed by atoms with Gasteiger partial charge in [-0.15, -0.1) is 0 Å². The predicted octanol–water partition coefficient (Wildman–Crippen LogP) is 2.69. The minimum atomic E-state index is -3.13. The fourth-order valence-electron chi connectivity index (χ4n) is 2.18. The molecule has 0 spiro atoms. The number of hydrogen-bond donors (Lipinski definition) is 0. The van der Waals surface area contributed by atoms with Crippen LogP contribution in [-0.2, 0) is 9.84 Å². The molecule has 124 valence electrons. The smallest absolute Gasteiger partial charge is 0.223 e. The molecule has 2 aromatic heterocycles. The quantitative estimate of drug-likeness (QED) is 0.584. The number of carbonyl (C=O) groups is 1. The van der Waals surface area contributed by atoms with Gasteiger partial charge in [0.15, 0.2) is 6.29 Å². The third-order valence-electron chi connectivity index (χ3n) is 3.57. The number of nitrogens with zero attached hydrogens (tertiary/aromatic N) is 2. The average Bonchev–Trinajstić information content (AvgIpc) is 2.46. The molecule has 2 rings (SSSR count). The maximum absolute atomic E-state index is 11.5. The third kappa shape index (κ3) is 4.17. The fourth-order valence-corrected chi connectivity index (χ4v) is 2.95. The van der Waals surface area contributed by atoms with Crippen LogP contribution >= 0.6 is 11.6 Å². The van der Waals surface area contributed by atoms with Gasteiger partial charge in [-0.25, -0.2) is 18.4 Å². The molecule has 0 amide bonds. The summed E-state index contributed by atoms with van der Waals surface area (Å²) in [7, 11) is -3.13. The van der Waals surface area contributed by atoms with E-state index in [-0.39, 0.29) is 11.3 Å². The summed E-state index contributed by atoms with van der Waals surface area (Å²) < 4.78 is 28.8. The number of rotatable bonds is 6. The monoisotopic (exact) mass is 356 g/mol. The first-order valence-corrected chi connectivity index (χ1v) is 9.30. The van der Waals surface area contributed by atoms with E-state index in [0.717, 1.165) is 0 Å². The van der Waals surface area contributed by atoms with Crippen molar-refractivity contribution in [2.75, 3.05) is 6.26 Å². The van der Waals surface area contributed by atoms with Crippen molar-refractivity contribution >= 4 is 38.5 Å². The normalized spacial score (nSPS) is 14.4. The number of aldehydes is 1. The van der Waals surface area contributed by atoms with E-state index in [1.165, 1.54) is 18.6 Å². The standard InChI is InChI=1S/C15H17ClN2O4S/c1-9(4-10(2)23(3,20)21)22-15-13-7-17-14(16)5-12(13)11(8-19)6-18-15/h5-10H,4H2,1-3H3/t9-,10-/m1/s1. The molecule has 6 nitrogen and oxygen atoms in total. The Morgan fingerprint density at radius 1 is 1.26 bits per heavy atom. The van der Waals surface area contributed by atoms with Gasteiger partial charge in [0.2, 0.25) is 5.88 Å². The fraction of sp³-hybridized carbons (Fsp3) is 0.400. The zero-order valence-electron chi connectivity index (χ0n) is 13.0. The highest BCUT2D eigenvalue weighted by atomic mass is 35.5. The zero-order chi connectivity index (χ0) is 17.2. The summed E-state index contributed by atoms with van der Waals surface area (Å²) in [4.78, 5) is 19.2. The Kier molecular flexibility index (Phi) is 5.21. The molecule has 0 aliphatic carbocycles. The Morgan fingerprint density at radius 2 is 1.96 bits per heavy atom. The molecule has 8 heteroatoms. The predicted molar refractivity (Wildman–Crippen MR) is 88.9 cm³/mol. The van der Waals surface area contributed by atoms with E-state index < -0.39 is 15.1 Å². The number of pyridine rings is 2. The Balaban J connectivity index is 2.32. The highest BCUT2D eigenvalue weighted by molar-refractivity contribution is 7.91. The lowest BCUT2D eigenvalue weighted by Gasteiger charge is -2.18. The number of fused-ring (bicyclic) bond motifs is 1. The number of halogens is 1. The van der Waals surface area contributed by atoms with E-state index in [9.17, 15) is 13.2 Å². The zero-order valence-corrected chi connectivity index (χ0v) is 14.6. The van der Waals surface area contributed by atoms with Gasteiger partial charge in [0.25, 0.3) is 0 Å². The maximum Gasteiger partial charge on any atom is 0.223 e. The number of carbonyl (C=O) groups excluding carboxylic acids is 1. The van der Waals surface area contributed by atoms with Gasteiger partial charge in [-0.3, -0.25) is 4.79 Å². The molecule has 0 N–H and O–H groups in total. The number of ether oxygens (including phenoxy) is 1. The van der Waals surface area contributed by atoms with Crippen LogP contribution in [0.5, 0.6) is 5.88 Å². The van der Waals surface area contributed by atoms with Crippen LogP contribution in [0.4, 0.5) is 0 Å². The van der Waals surface area contributed by atoms with Crippen molar-refractivity contribution in [1.82, 2.24) is 9.97 Å². The van der Waals surface area contributed by atoms with Crippen LogP contribution in [0.1, 0.15) is 30.6 Å². The van der Waals surface area contributed by atoms with Crippen molar-refractivity contribution in [2.45, 2.75) is 31.6 Å². The molecule has 0 aliphatic heterocycles. The third-order valence-corrected chi connectivity index (χ3v) is 5.43. The van der Waals surface area contributed by atoms with Crippen LogP contribution < -0.4 is 4.74 Å². The lowest BCUT2D eigenvalue weighted by Crippen LogP contribution is -2.25. The van der Waals surface area contributed by atoms with Gasteiger partial charge >= 0.3 is 0 Å². The summed E-state index contributed by atoms with van der Waals surface area (Å²) in [6.07, 6.45) is 4.73. The summed E-state index contributed by atoms with van der Waals surface area (Å²) in [5.41, 5.74) is 0.383. The molecule has 0 saturated heterocycles. The topological polar surface area (TPSA) is 86.2 Å². The summed E-state index contributed by atoms with van der Waals surface area (Å²) in [6, 6.07) is 1.57. The van der Waals surface area contributed by atoms with E-state index in [2.05, 4.69) is 9.97 Å². The largest absolute Gasteiger partial charge is 0.474 e. The van der Waals surface area contributed by atoms with Crippen LogP contribution in [0, 0.1) is 0 Å². The molecule has 2 atom stereocenters. The van der Waals surface area contributed by atoms with Crippen LogP contribution in [0.15, 0.2) is 18.5 Å². The van der Waals surface area contributed by atoms with Gasteiger partial charge in [0, 0.05) is 36.0 Å². The van der Waals surface area contributed by atoms with Crippen molar-refractivity contribution in [3.63, 3.8) is 0 Å². The number of sulfone groups is 1. The van der Waals surface area contributed by atoms with Crippen LogP contribution in [0.2, 0.25) is 5.15 Å². The molecule has 0 aromatic carbocycles. The van der Waals surface area contributed by atoms with Gasteiger partial charge < -0.3 is 4.74 Å². The summed E-state index contributed by atoms with van der Waals surface area (Å²) in [5, 5.41) is 0.883. The lowest BCUT2D eigenvalue weighted by molar-refractivity contribution is 0.112. The SMILES string of the molecule is C[C@H](C[C@@H](C)S(C)(=O)=O)Oc1ncc(C=O)c2cc(Cl)ncc12. The minimum Gasteiger partial charge on any atom is -0.474 e. The highest BCUT2D eigenvalue weighted by Gasteiger charge is 2.20. The van der Waals surface area contributed by atoms with Crippen LogP contribution in [-0.4, -0.2) is 42.3 Å². The van der Waals surface area contributed by atoms with E-state index in [4.69, 9.17) is 16.3 Å². The first-order valence-electron chi connectivity index (χ1n) is 6.97. The molecular formula is C15H17ClN2O4S. The minimum absolute atomic E-state index is 0.261. The molecule has 0 aliphatic rings. The van der Waals surface area contributed by atoms with E-state index in [0.29, 0.717) is 34.9 Å². The van der Waals surface area contributed by atoms with Gasteiger partial charge in [-0.2, -0.15) is 0 Å². The van der Waals surface area contributed by atoms with Crippen LogP contribution in [0.3, 0.4) is 0 Å². The second-order valence-corrected chi connectivity index (χ2v) is 8.34. The summed E-state index contributed by atoms with van der Waals surface area (Å²) in [5.74, 6) is 0.294. The van der Waals surface area contributed by atoms with Gasteiger partial charge in [0.1, 0.15) is 15.0 Å². The molecule has 0 fully saturated rings. The van der Waals surface area contributed by atoms with Crippen molar-refractivity contribution in [3.8, 4) is 5.88 Å². The van der Waals surface area contributed by atoms with Crippen molar-refractivity contribution < 1.29 is 17.9 Å². The van der Waals surface area contributed by atoms with Gasteiger partial charge in [0.05, 0.1) is 16.7 Å². The second kappa shape index (κ2) is 6.80. The molecule has 0 radical (unpaired) electrons. The van der Waals surface area contributed by atoms with Crippen LogP contribution in [0.25, 0.3) is 10.8 Å². The Hall–Kier alpha value is -1.73. The highest BCUT2D eigenvalue weighted by Crippen LogP contribution is 2.28. The van der Waals surface area contributed by atoms with Crippen molar-refractivity contribution in [2.24, 2.45) is 0 Å². The van der Waals surface area contributed by atoms with E-state index >= 15 is 0 Å². The Morgan fingerprint density at radius 3 is 2.57 bits per heavy atom. The first kappa shape index (κ1) is 17.6. The van der Waals surface area contributed by atoms with Gasteiger partial charge in [-0.05, 0) is 19.9 Å². The van der Waals surface area contributed by atoms with Crippen molar-refractivity contribution in [3.05, 3.63) is 29.2 Å². The lowest BCUT2D eigenvalue weighted by atomic mass is 10.1. The molecule has 0 saturated carbocycles. The Labute approximate surface area is 139 Å². The first-order chi connectivity index (χ1) is 10.7. The molecular weight excluding hydrogens is 340 g/mol. The molecule has 0 bridgehead atoms. The Bertz CT molecular complexity index is 839. The second-order valence-electron chi connectivity index (χ2n) is 5.49. The maximum atomic E-state index is 11.5.